The van der Waals surface area contributed by atoms with Crippen LogP contribution in [0.25, 0.3) is 6.08 Å². The van der Waals surface area contributed by atoms with Crippen molar-refractivity contribution >= 4 is 12.0 Å². The molecule has 3 aromatic rings. The fourth-order valence-corrected chi connectivity index (χ4v) is 2.99. The van der Waals surface area contributed by atoms with Gasteiger partial charge in [0.2, 0.25) is 0 Å². The number of rotatable bonds is 5. The molecule has 0 bridgehead atoms. The average Bonchev–Trinajstić information content (AvgIpc) is 3.20. The van der Waals surface area contributed by atoms with Crippen LogP contribution in [0.3, 0.4) is 0 Å². The topological polar surface area (TPSA) is 56.2 Å². The summed E-state index contributed by atoms with van der Waals surface area (Å²) >= 11 is 0. The van der Waals surface area contributed by atoms with E-state index in [-0.39, 0.29) is 12.5 Å². The summed E-state index contributed by atoms with van der Waals surface area (Å²) in [4.78, 5) is 12.5. The summed E-state index contributed by atoms with van der Waals surface area (Å²) in [6.07, 6.45) is 5.58. The van der Waals surface area contributed by atoms with Gasteiger partial charge in [0.05, 0.1) is 12.1 Å². The Bertz CT molecular complexity index is 945. The second-order valence-electron chi connectivity index (χ2n) is 6.15. The lowest BCUT2D eigenvalue weighted by molar-refractivity contribution is -0.117. The van der Waals surface area contributed by atoms with Crippen LogP contribution >= 0.6 is 0 Å². The number of amides is 1. The highest BCUT2D eigenvalue weighted by molar-refractivity contribution is 5.99. The normalized spacial score (nSPS) is 12.7. The van der Waals surface area contributed by atoms with Crippen molar-refractivity contribution in [3.63, 3.8) is 0 Å². The molecule has 130 valence electrons. The van der Waals surface area contributed by atoms with E-state index in [2.05, 4.69) is 16.5 Å². The average molecular weight is 345 g/mol. The van der Waals surface area contributed by atoms with Gasteiger partial charge in [-0.15, -0.1) is 0 Å². The molecule has 2 heterocycles. The lowest BCUT2D eigenvalue weighted by Gasteiger charge is -2.18. The number of hydrogen-bond donors (Lipinski definition) is 1. The van der Waals surface area contributed by atoms with E-state index in [0.29, 0.717) is 18.7 Å². The molecule has 5 nitrogen and oxygen atoms in total. The number of para-hydroxylation sites is 1. The minimum atomic E-state index is -0.103. The molecule has 0 saturated heterocycles. The van der Waals surface area contributed by atoms with E-state index < -0.39 is 0 Å². The number of carbonyl (C=O) groups is 1. The van der Waals surface area contributed by atoms with Crippen LogP contribution < -0.4 is 10.1 Å². The molecule has 1 N–H and O–H groups in total. The van der Waals surface area contributed by atoms with Crippen LogP contribution in [0.15, 0.2) is 72.6 Å². The summed E-state index contributed by atoms with van der Waals surface area (Å²) in [5.41, 5.74) is 3.78. The quantitative estimate of drug-likeness (QED) is 0.773. The second-order valence-corrected chi connectivity index (χ2v) is 6.15. The molecular formula is C21H19N3O2. The minimum Gasteiger partial charge on any atom is -0.488 e. The van der Waals surface area contributed by atoms with Crippen LogP contribution in [-0.4, -0.2) is 22.3 Å². The number of hydrogen-bond acceptors (Lipinski definition) is 3. The highest BCUT2D eigenvalue weighted by Crippen LogP contribution is 2.25. The summed E-state index contributed by atoms with van der Waals surface area (Å²) in [5, 5.41) is 7.25. The maximum absolute atomic E-state index is 12.5. The van der Waals surface area contributed by atoms with Crippen molar-refractivity contribution in [1.82, 2.24) is 15.1 Å². The third-order valence-corrected chi connectivity index (χ3v) is 4.37. The number of carbonyl (C=O) groups excluding carboxylic acids is 1. The van der Waals surface area contributed by atoms with E-state index in [9.17, 15) is 4.79 Å². The van der Waals surface area contributed by atoms with Gasteiger partial charge in [0.25, 0.3) is 5.91 Å². The van der Waals surface area contributed by atoms with Crippen molar-refractivity contribution in [2.75, 3.05) is 6.61 Å². The second kappa shape index (κ2) is 7.27. The zero-order chi connectivity index (χ0) is 17.8. The molecule has 1 aliphatic heterocycles. The summed E-state index contributed by atoms with van der Waals surface area (Å²) in [6.45, 7) is 1.44. The maximum Gasteiger partial charge on any atom is 0.250 e. The molecule has 4 rings (SSSR count). The highest BCUT2D eigenvalue weighted by Gasteiger charge is 2.17. The Hall–Kier alpha value is -3.34. The van der Waals surface area contributed by atoms with E-state index in [1.807, 2.05) is 65.5 Å². The van der Waals surface area contributed by atoms with Gasteiger partial charge in [-0.25, -0.2) is 0 Å². The van der Waals surface area contributed by atoms with Crippen LogP contribution in [0.2, 0.25) is 0 Å². The zero-order valence-electron chi connectivity index (χ0n) is 14.3. The highest BCUT2D eigenvalue weighted by atomic mass is 16.5. The Balaban J connectivity index is 1.45. The monoisotopic (exact) mass is 345 g/mol. The van der Waals surface area contributed by atoms with Gasteiger partial charge >= 0.3 is 0 Å². The first-order valence-electron chi connectivity index (χ1n) is 8.54. The summed E-state index contributed by atoms with van der Waals surface area (Å²) in [5.74, 6) is 0.710. The number of fused-ring (bicyclic) bond motifs is 1. The predicted octanol–water partition coefficient (Wildman–Crippen LogP) is 3.02. The van der Waals surface area contributed by atoms with Gasteiger partial charge in [-0.3, -0.25) is 9.48 Å². The van der Waals surface area contributed by atoms with E-state index >= 15 is 0 Å². The van der Waals surface area contributed by atoms with Gasteiger partial charge in [-0.2, -0.15) is 5.10 Å². The lowest BCUT2D eigenvalue weighted by atomic mass is 10.1. The molecule has 0 radical (unpaired) electrons. The molecule has 0 fully saturated rings. The molecule has 0 atom stereocenters. The lowest BCUT2D eigenvalue weighted by Crippen LogP contribution is -2.28. The predicted molar refractivity (Wildman–Crippen MR) is 99.5 cm³/mol. The number of ether oxygens (including phenoxy) is 1. The van der Waals surface area contributed by atoms with E-state index in [1.54, 1.807) is 6.20 Å². The van der Waals surface area contributed by atoms with Gasteiger partial charge in [-0.05, 0) is 29.3 Å². The van der Waals surface area contributed by atoms with Crippen LogP contribution in [0, 0.1) is 0 Å². The third-order valence-electron chi connectivity index (χ3n) is 4.37. The largest absolute Gasteiger partial charge is 0.488 e. The third kappa shape index (κ3) is 3.52. The van der Waals surface area contributed by atoms with E-state index in [1.165, 1.54) is 0 Å². The summed E-state index contributed by atoms with van der Waals surface area (Å²) < 4.78 is 7.53. The van der Waals surface area contributed by atoms with Crippen LogP contribution in [0.1, 0.15) is 16.7 Å². The van der Waals surface area contributed by atoms with Crippen molar-refractivity contribution in [3.8, 4) is 5.75 Å². The van der Waals surface area contributed by atoms with Crippen molar-refractivity contribution in [2.45, 2.75) is 13.1 Å². The van der Waals surface area contributed by atoms with Crippen LogP contribution in [0.4, 0.5) is 0 Å². The Kier molecular flexibility index (Phi) is 4.51. The van der Waals surface area contributed by atoms with Gasteiger partial charge in [0, 0.05) is 24.5 Å². The SMILES string of the molecule is O=C(NCc1ccccc1Cn1cccn1)C1=Cc2ccccc2OC1. The molecular weight excluding hydrogens is 326 g/mol. The van der Waals surface area contributed by atoms with Gasteiger partial charge in [0.15, 0.2) is 0 Å². The number of benzene rings is 2. The first-order chi connectivity index (χ1) is 12.8. The van der Waals surface area contributed by atoms with Crippen molar-refractivity contribution in [3.05, 3.63) is 89.3 Å². The molecule has 1 amide bonds. The van der Waals surface area contributed by atoms with Gasteiger partial charge in [0.1, 0.15) is 12.4 Å². The molecule has 0 saturated carbocycles. The molecule has 0 unspecified atom stereocenters. The minimum absolute atomic E-state index is 0.103. The Morgan fingerprint density at radius 2 is 1.88 bits per heavy atom. The van der Waals surface area contributed by atoms with Crippen LogP contribution in [0.5, 0.6) is 5.75 Å². The summed E-state index contributed by atoms with van der Waals surface area (Å²) in [6, 6.07) is 17.7. The molecule has 0 spiro atoms. The molecule has 26 heavy (non-hydrogen) atoms. The van der Waals surface area contributed by atoms with Crippen LogP contribution in [-0.2, 0) is 17.9 Å². The number of nitrogens with zero attached hydrogens (tertiary/aromatic N) is 2. The molecule has 0 aliphatic carbocycles. The first kappa shape index (κ1) is 16.1. The number of nitrogens with one attached hydrogen (secondary N) is 1. The van der Waals surface area contributed by atoms with E-state index in [4.69, 9.17) is 4.74 Å². The zero-order valence-corrected chi connectivity index (χ0v) is 14.3. The maximum atomic E-state index is 12.5. The summed E-state index contributed by atoms with van der Waals surface area (Å²) in [7, 11) is 0. The molecule has 1 aromatic heterocycles. The Morgan fingerprint density at radius 3 is 2.73 bits per heavy atom. The fraction of sp³-hybridized carbons (Fsp3) is 0.143. The van der Waals surface area contributed by atoms with Gasteiger partial charge in [-0.1, -0.05) is 42.5 Å². The van der Waals surface area contributed by atoms with Crippen molar-refractivity contribution in [2.24, 2.45) is 0 Å². The van der Waals surface area contributed by atoms with Crippen molar-refractivity contribution in [1.29, 1.82) is 0 Å². The fourth-order valence-electron chi connectivity index (χ4n) is 2.99. The molecule has 5 heteroatoms. The first-order valence-corrected chi connectivity index (χ1v) is 8.54. The molecule has 1 aliphatic rings. The van der Waals surface area contributed by atoms with Gasteiger partial charge < -0.3 is 10.1 Å². The molecule has 2 aromatic carbocycles. The number of aromatic nitrogens is 2. The van der Waals surface area contributed by atoms with Crippen molar-refractivity contribution < 1.29 is 9.53 Å². The Morgan fingerprint density at radius 1 is 1.08 bits per heavy atom. The standard InChI is InChI=1S/C21H19N3O2/c25-21(19-12-16-6-3-4-9-20(16)26-15-19)22-13-17-7-1-2-8-18(17)14-24-11-5-10-23-24/h1-12H,13-15H2,(H,22,25). The Labute approximate surface area is 151 Å². The smallest absolute Gasteiger partial charge is 0.250 e. The van der Waals surface area contributed by atoms with E-state index in [0.717, 1.165) is 22.4 Å².